The topological polar surface area (TPSA) is 95.3 Å². The monoisotopic (exact) mass is 390 g/mol. The second-order valence-electron chi connectivity index (χ2n) is 6.26. The molecule has 1 atom stereocenters. The summed E-state index contributed by atoms with van der Waals surface area (Å²) in [6.45, 7) is 1.54. The molecule has 134 valence electrons. The van der Waals surface area contributed by atoms with Crippen molar-refractivity contribution in [1.29, 1.82) is 5.26 Å². The van der Waals surface area contributed by atoms with E-state index in [4.69, 9.17) is 11.6 Å². The molecule has 2 heterocycles. The maximum Gasteiger partial charge on any atom is 0.271 e. The van der Waals surface area contributed by atoms with Crippen molar-refractivity contribution in [2.75, 3.05) is 11.5 Å². The third-order valence-electron chi connectivity index (χ3n) is 4.51. The molecule has 2 aliphatic rings. The van der Waals surface area contributed by atoms with E-state index >= 15 is 0 Å². The first kappa shape index (κ1) is 18.4. The summed E-state index contributed by atoms with van der Waals surface area (Å²) in [7, 11) is -3.29. The smallest absolute Gasteiger partial charge is 0.270 e. The minimum absolute atomic E-state index is 0.0767. The van der Waals surface area contributed by atoms with Gasteiger partial charge >= 0.3 is 0 Å². The molecular weight excluding hydrogens is 376 g/mol. The number of rotatable bonds is 2. The summed E-state index contributed by atoms with van der Waals surface area (Å²) in [5.41, 5.74) is 0.959. The predicted octanol–water partition coefficient (Wildman–Crippen LogP) is 2.12. The number of carbonyl (C=O) groups excluding carboxylic acids is 2. The highest BCUT2D eigenvalue weighted by atomic mass is 35.5. The first-order valence-corrected chi connectivity index (χ1v) is 10.1. The van der Waals surface area contributed by atoms with E-state index in [1.807, 2.05) is 6.07 Å². The number of amides is 2. The average Bonchev–Trinajstić information content (AvgIpc) is 2.92. The van der Waals surface area contributed by atoms with Crippen molar-refractivity contribution < 1.29 is 18.0 Å². The Bertz CT molecular complexity index is 1020. The van der Waals surface area contributed by atoms with Crippen LogP contribution >= 0.6 is 11.6 Å². The lowest BCUT2D eigenvalue weighted by Gasteiger charge is -2.31. The Balaban J connectivity index is 2.10. The van der Waals surface area contributed by atoms with Crippen molar-refractivity contribution in [3.8, 4) is 6.07 Å². The summed E-state index contributed by atoms with van der Waals surface area (Å²) in [6, 6.07) is 7.90. The summed E-state index contributed by atoms with van der Waals surface area (Å²) in [5, 5.41) is 9.86. The predicted molar refractivity (Wildman–Crippen MR) is 96.7 cm³/mol. The second-order valence-corrected chi connectivity index (χ2v) is 8.93. The number of hydrogen-bond donors (Lipinski definition) is 0. The summed E-state index contributed by atoms with van der Waals surface area (Å²) in [5.74, 6) is -1.67. The first-order valence-electron chi connectivity index (χ1n) is 7.90. The molecule has 8 heteroatoms. The van der Waals surface area contributed by atoms with Crippen LogP contribution in [0.15, 0.2) is 41.0 Å². The van der Waals surface area contributed by atoms with E-state index in [2.05, 4.69) is 0 Å². The Morgan fingerprint density at radius 2 is 2.04 bits per heavy atom. The van der Waals surface area contributed by atoms with Crippen molar-refractivity contribution in [1.82, 2.24) is 4.90 Å². The molecule has 0 aromatic heterocycles. The lowest BCUT2D eigenvalue weighted by Crippen LogP contribution is -2.49. The van der Waals surface area contributed by atoms with Crippen molar-refractivity contribution in [3.63, 3.8) is 0 Å². The Labute approximate surface area is 156 Å². The van der Waals surface area contributed by atoms with Crippen molar-refractivity contribution in [2.24, 2.45) is 0 Å². The molecule has 2 aliphatic heterocycles. The molecule has 26 heavy (non-hydrogen) atoms. The third kappa shape index (κ3) is 3.30. The number of benzene rings is 1. The van der Waals surface area contributed by atoms with Crippen LogP contribution in [-0.4, -0.2) is 42.7 Å². The van der Waals surface area contributed by atoms with Crippen molar-refractivity contribution >= 4 is 39.3 Å². The molecule has 1 fully saturated rings. The number of nitriles is 1. The van der Waals surface area contributed by atoms with Crippen LogP contribution in [0, 0.1) is 11.3 Å². The maximum atomic E-state index is 13.0. The van der Waals surface area contributed by atoms with Gasteiger partial charge in [0.1, 0.15) is 11.6 Å². The lowest BCUT2D eigenvalue weighted by atomic mass is 9.92. The number of nitrogens with zero attached hydrogens (tertiary/aromatic N) is 2. The molecule has 1 aromatic rings. The molecule has 0 saturated carbocycles. The van der Waals surface area contributed by atoms with Gasteiger partial charge in [-0.25, -0.2) is 8.42 Å². The number of imide groups is 1. The zero-order chi connectivity index (χ0) is 19.1. The lowest BCUT2D eigenvalue weighted by molar-refractivity contribution is -0.142. The molecule has 1 unspecified atom stereocenters. The standard InChI is InChI=1S/C18H15ClN2O4S/c1-11-15(8-12-3-2-4-13(19)7-12)17(22)21(18(23)16(11)9-20)14-5-6-26(24,25)10-14/h2-4,7-8,14H,5-6,10H2,1H3. The number of hydrogen-bond acceptors (Lipinski definition) is 5. The van der Waals surface area contributed by atoms with Crippen LogP contribution in [0.2, 0.25) is 5.02 Å². The molecule has 0 spiro atoms. The molecular formula is C18H15ClN2O4S. The van der Waals surface area contributed by atoms with Gasteiger partial charge in [0.25, 0.3) is 11.8 Å². The van der Waals surface area contributed by atoms with Gasteiger partial charge < -0.3 is 0 Å². The van der Waals surface area contributed by atoms with Crippen LogP contribution in [0.1, 0.15) is 18.9 Å². The van der Waals surface area contributed by atoms with Gasteiger partial charge in [-0.2, -0.15) is 5.26 Å². The number of carbonyl (C=O) groups is 2. The van der Waals surface area contributed by atoms with Crippen LogP contribution in [-0.2, 0) is 19.4 Å². The fourth-order valence-electron chi connectivity index (χ4n) is 3.17. The molecule has 1 saturated heterocycles. The van der Waals surface area contributed by atoms with E-state index in [1.165, 1.54) is 6.92 Å². The van der Waals surface area contributed by atoms with Gasteiger partial charge in [0.2, 0.25) is 0 Å². The molecule has 0 aliphatic carbocycles. The van der Waals surface area contributed by atoms with E-state index in [9.17, 15) is 23.3 Å². The quantitative estimate of drug-likeness (QED) is 0.569. The Hall–Kier alpha value is -2.43. The van der Waals surface area contributed by atoms with Crippen LogP contribution in [0.3, 0.4) is 0 Å². The molecule has 6 nitrogen and oxygen atoms in total. The van der Waals surface area contributed by atoms with Crippen LogP contribution < -0.4 is 0 Å². The highest BCUT2D eigenvalue weighted by molar-refractivity contribution is 7.91. The van der Waals surface area contributed by atoms with E-state index < -0.39 is 27.7 Å². The number of sulfone groups is 1. The molecule has 3 rings (SSSR count). The second kappa shape index (κ2) is 6.71. The van der Waals surface area contributed by atoms with E-state index in [0.29, 0.717) is 10.6 Å². The fraction of sp³-hybridized carbons (Fsp3) is 0.278. The van der Waals surface area contributed by atoms with Gasteiger partial charge in [-0.15, -0.1) is 0 Å². The number of halogens is 1. The van der Waals surface area contributed by atoms with Crippen LogP contribution in [0.5, 0.6) is 0 Å². The zero-order valence-electron chi connectivity index (χ0n) is 13.9. The Morgan fingerprint density at radius 3 is 2.62 bits per heavy atom. The van der Waals surface area contributed by atoms with Gasteiger partial charge in [-0.05, 0) is 42.7 Å². The van der Waals surface area contributed by atoms with Gasteiger partial charge in [-0.1, -0.05) is 23.7 Å². The molecule has 0 N–H and O–H groups in total. The first-order chi connectivity index (χ1) is 12.2. The third-order valence-corrected chi connectivity index (χ3v) is 6.49. The highest BCUT2D eigenvalue weighted by Crippen LogP contribution is 2.31. The summed E-state index contributed by atoms with van der Waals surface area (Å²) in [6.07, 6.45) is 1.74. The largest absolute Gasteiger partial charge is 0.271 e. The molecule has 0 radical (unpaired) electrons. The zero-order valence-corrected chi connectivity index (χ0v) is 15.5. The normalized spacial score (nSPS) is 24.3. The Kier molecular flexibility index (Phi) is 4.74. The minimum atomic E-state index is -3.29. The maximum absolute atomic E-state index is 13.0. The minimum Gasteiger partial charge on any atom is -0.270 e. The van der Waals surface area contributed by atoms with Gasteiger partial charge in [0.05, 0.1) is 17.5 Å². The van der Waals surface area contributed by atoms with E-state index in [1.54, 1.807) is 30.3 Å². The SMILES string of the molecule is CC1=C(C#N)C(=O)N(C2CCS(=O)(=O)C2)C(=O)C1=Cc1cccc(Cl)c1. The van der Waals surface area contributed by atoms with E-state index in [-0.39, 0.29) is 34.6 Å². The summed E-state index contributed by atoms with van der Waals surface area (Å²) < 4.78 is 23.5. The van der Waals surface area contributed by atoms with Crippen molar-refractivity contribution in [3.05, 3.63) is 51.6 Å². The van der Waals surface area contributed by atoms with Gasteiger partial charge in [0, 0.05) is 10.6 Å². The van der Waals surface area contributed by atoms with Gasteiger partial charge in [0.15, 0.2) is 9.84 Å². The van der Waals surface area contributed by atoms with Crippen molar-refractivity contribution in [2.45, 2.75) is 19.4 Å². The van der Waals surface area contributed by atoms with Crippen LogP contribution in [0.25, 0.3) is 6.08 Å². The van der Waals surface area contributed by atoms with Crippen LogP contribution in [0.4, 0.5) is 0 Å². The van der Waals surface area contributed by atoms with Gasteiger partial charge in [-0.3, -0.25) is 14.5 Å². The Morgan fingerprint density at radius 1 is 1.31 bits per heavy atom. The summed E-state index contributed by atoms with van der Waals surface area (Å²) >= 11 is 5.97. The highest BCUT2D eigenvalue weighted by Gasteiger charge is 2.43. The fourth-order valence-corrected chi connectivity index (χ4v) is 5.07. The average molecular weight is 391 g/mol. The molecule has 0 bridgehead atoms. The van der Waals surface area contributed by atoms with E-state index in [0.717, 1.165) is 4.90 Å². The molecule has 2 amide bonds. The summed E-state index contributed by atoms with van der Waals surface area (Å²) in [4.78, 5) is 26.5. The molecule has 1 aromatic carbocycles.